The number of ether oxygens (including phenoxy) is 2. The van der Waals surface area contributed by atoms with Gasteiger partial charge >= 0.3 is 11.9 Å². The summed E-state index contributed by atoms with van der Waals surface area (Å²) in [6.07, 6.45) is 0.559. The van der Waals surface area contributed by atoms with Crippen LogP contribution in [0.2, 0.25) is 5.02 Å². The number of hydrogen-bond acceptors (Lipinski definition) is 8. The van der Waals surface area contributed by atoms with Crippen LogP contribution in [0.1, 0.15) is 52.0 Å². The van der Waals surface area contributed by atoms with Crippen LogP contribution in [0.5, 0.6) is 0 Å². The van der Waals surface area contributed by atoms with Crippen molar-refractivity contribution in [2.75, 3.05) is 7.11 Å². The van der Waals surface area contributed by atoms with Gasteiger partial charge in [-0.25, -0.2) is 4.79 Å². The lowest BCUT2D eigenvalue weighted by atomic mass is 9.69. The van der Waals surface area contributed by atoms with Crippen LogP contribution in [-0.2, 0) is 23.9 Å². The fraction of sp³-hybridized carbons (Fsp3) is 0.458. The van der Waals surface area contributed by atoms with Crippen molar-refractivity contribution in [3.63, 3.8) is 0 Å². The molecule has 0 aromatic heterocycles. The van der Waals surface area contributed by atoms with E-state index in [1.807, 2.05) is 6.92 Å². The van der Waals surface area contributed by atoms with Gasteiger partial charge in [-0.3, -0.25) is 19.7 Å². The van der Waals surface area contributed by atoms with Crippen molar-refractivity contribution in [1.29, 1.82) is 0 Å². The van der Waals surface area contributed by atoms with Crippen LogP contribution in [0.4, 0.5) is 5.69 Å². The van der Waals surface area contributed by atoms with Crippen molar-refractivity contribution < 1.29 is 28.8 Å². The molecule has 0 unspecified atom stereocenters. The molecule has 0 fully saturated rings. The molecular formula is C24H27ClN2O7. The van der Waals surface area contributed by atoms with E-state index in [0.717, 1.165) is 0 Å². The molecule has 0 amide bonds. The third-order valence-corrected chi connectivity index (χ3v) is 6.67. The smallest absolute Gasteiger partial charge is 0.337 e. The Labute approximate surface area is 202 Å². The Morgan fingerprint density at radius 3 is 2.62 bits per heavy atom. The zero-order chi connectivity index (χ0) is 25.3. The molecule has 1 N–H and O–H groups in total. The Kier molecular flexibility index (Phi) is 7.45. The van der Waals surface area contributed by atoms with E-state index in [1.165, 1.54) is 25.3 Å². The molecule has 1 heterocycles. The molecule has 1 aromatic rings. The van der Waals surface area contributed by atoms with Gasteiger partial charge in [0.1, 0.15) is 10.9 Å². The van der Waals surface area contributed by atoms with Gasteiger partial charge in [-0.15, -0.1) is 0 Å². The highest BCUT2D eigenvalue weighted by Crippen LogP contribution is 2.46. The predicted octanol–water partition coefficient (Wildman–Crippen LogP) is 4.20. The number of rotatable bonds is 6. The second kappa shape index (κ2) is 9.97. The molecule has 0 bridgehead atoms. The van der Waals surface area contributed by atoms with Gasteiger partial charge in [0.05, 0.1) is 23.7 Å². The Balaban J connectivity index is 2.23. The first-order chi connectivity index (χ1) is 16.0. The minimum atomic E-state index is -1.06. The summed E-state index contributed by atoms with van der Waals surface area (Å²) in [5, 5.41) is 14.6. The highest BCUT2D eigenvalue weighted by Gasteiger charge is 2.47. The summed E-state index contributed by atoms with van der Waals surface area (Å²) >= 11 is 6.02. The van der Waals surface area contributed by atoms with Crippen LogP contribution < -0.4 is 5.32 Å². The number of halogens is 1. The molecule has 1 aliphatic heterocycles. The summed E-state index contributed by atoms with van der Waals surface area (Å²) in [6, 6.07) is 4.15. The lowest BCUT2D eigenvalue weighted by molar-refractivity contribution is -0.384. The fourth-order valence-corrected chi connectivity index (χ4v) is 4.65. The van der Waals surface area contributed by atoms with E-state index in [9.17, 15) is 24.5 Å². The molecule has 0 spiro atoms. The van der Waals surface area contributed by atoms with Crippen LogP contribution in [-0.4, -0.2) is 35.9 Å². The molecular weight excluding hydrogens is 464 g/mol. The maximum absolute atomic E-state index is 13.7. The summed E-state index contributed by atoms with van der Waals surface area (Å²) in [6.45, 7) is 7.08. The van der Waals surface area contributed by atoms with Gasteiger partial charge in [-0.1, -0.05) is 31.5 Å². The van der Waals surface area contributed by atoms with Gasteiger partial charge in [0.15, 0.2) is 5.78 Å². The van der Waals surface area contributed by atoms with E-state index in [-0.39, 0.29) is 33.9 Å². The number of hydrogen-bond donors (Lipinski definition) is 1. The number of nitrogens with one attached hydrogen (secondary N) is 1. The first-order valence-electron chi connectivity index (χ1n) is 11.0. The van der Waals surface area contributed by atoms with Crippen LogP contribution >= 0.6 is 11.6 Å². The number of benzene rings is 1. The van der Waals surface area contributed by atoms with E-state index in [4.69, 9.17) is 21.1 Å². The maximum Gasteiger partial charge on any atom is 0.337 e. The number of nitro benzene ring substituents is 1. The third kappa shape index (κ3) is 4.57. The average molecular weight is 491 g/mol. The van der Waals surface area contributed by atoms with E-state index in [0.29, 0.717) is 29.8 Å². The minimum absolute atomic E-state index is 0.0719. The summed E-state index contributed by atoms with van der Waals surface area (Å²) in [5.41, 5.74) is 1.37. The summed E-state index contributed by atoms with van der Waals surface area (Å²) in [4.78, 5) is 50.3. The number of carbonyl (C=O) groups excluding carboxylic acids is 3. The number of ketones is 1. The molecule has 2 aliphatic rings. The quantitative estimate of drug-likeness (QED) is 0.272. The number of esters is 2. The van der Waals surface area contributed by atoms with Gasteiger partial charge in [0, 0.05) is 29.0 Å². The molecule has 34 heavy (non-hydrogen) atoms. The molecule has 4 atom stereocenters. The van der Waals surface area contributed by atoms with Crippen LogP contribution in [0, 0.1) is 22.0 Å². The molecule has 10 heteroatoms. The van der Waals surface area contributed by atoms with Crippen molar-refractivity contribution in [2.24, 2.45) is 11.8 Å². The monoisotopic (exact) mass is 490 g/mol. The van der Waals surface area contributed by atoms with Crippen LogP contribution in [0.3, 0.4) is 0 Å². The lowest BCUT2D eigenvalue weighted by Crippen LogP contribution is -2.43. The van der Waals surface area contributed by atoms with E-state index >= 15 is 0 Å². The molecule has 1 aliphatic carbocycles. The number of allylic oxidation sites excluding steroid dienone is 3. The SMILES string of the molecule is CC[C@H](C)OC(=O)C1=C(C)NC2=C(C(=O)[C@H](C(=O)OC)[C@H](C)C2)[C@H]1c1ccc(Cl)c([N+](=O)[O-])c1. The van der Waals surface area contributed by atoms with Gasteiger partial charge in [-0.2, -0.15) is 0 Å². The van der Waals surface area contributed by atoms with Crippen molar-refractivity contribution in [2.45, 2.75) is 52.6 Å². The maximum atomic E-state index is 13.7. The summed E-state index contributed by atoms with van der Waals surface area (Å²) in [7, 11) is 1.21. The number of methoxy groups -OCH3 is 1. The topological polar surface area (TPSA) is 125 Å². The van der Waals surface area contributed by atoms with Gasteiger partial charge < -0.3 is 14.8 Å². The predicted molar refractivity (Wildman–Crippen MR) is 124 cm³/mol. The number of carbonyl (C=O) groups is 3. The number of nitro groups is 1. The average Bonchev–Trinajstić information content (AvgIpc) is 2.77. The van der Waals surface area contributed by atoms with Crippen LogP contribution in [0.25, 0.3) is 0 Å². The first kappa shape index (κ1) is 25.4. The van der Waals surface area contributed by atoms with Crippen molar-refractivity contribution in [3.8, 4) is 0 Å². The summed E-state index contributed by atoms with van der Waals surface area (Å²) in [5.74, 6) is -4.17. The largest absolute Gasteiger partial charge is 0.468 e. The molecule has 3 rings (SSSR count). The molecule has 0 saturated carbocycles. The Bertz CT molecular complexity index is 1120. The highest BCUT2D eigenvalue weighted by molar-refractivity contribution is 6.32. The third-order valence-electron chi connectivity index (χ3n) is 6.35. The number of dihydropyridines is 1. The standard InChI is InChI=1S/C24H27ClN2O7/c1-6-12(3)34-24(30)19-13(4)26-16-9-11(2)18(23(29)33-5)22(28)21(16)20(19)14-7-8-15(25)17(10-14)27(31)32/h7-8,10-12,18,20,26H,6,9H2,1-5H3/t11-,12+,18-,20+/m1/s1. The van der Waals surface area contributed by atoms with Gasteiger partial charge in [-0.05, 0) is 44.2 Å². The van der Waals surface area contributed by atoms with E-state index < -0.39 is 34.5 Å². The molecule has 182 valence electrons. The minimum Gasteiger partial charge on any atom is -0.468 e. The Morgan fingerprint density at radius 2 is 2.03 bits per heavy atom. The van der Waals surface area contributed by atoms with Crippen molar-refractivity contribution in [1.82, 2.24) is 5.32 Å². The number of Topliss-reactive ketones (excluding diaryl/α,β-unsaturated/α-hetero) is 1. The Morgan fingerprint density at radius 1 is 1.35 bits per heavy atom. The Hall–Kier alpha value is -3.20. The molecule has 9 nitrogen and oxygen atoms in total. The zero-order valence-electron chi connectivity index (χ0n) is 19.6. The second-order valence-corrected chi connectivity index (χ2v) is 9.03. The van der Waals surface area contributed by atoms with Crippen LogP contribution in [0.15, 0.2) is 40.7 Å². The second-order valence-electron chi connectivity index (χ2n) is 8.63. The van der Waals surface area contributed by atoms with Gasteiger partial charge in [0.2, 0.25) is 0 Å². The molecule has 1 aromatic carbocycles. The zero-order valence-corrected chi connectivity index (χ0v) is 20.4. The van der Waals surface area contributed by atoms with E-state index in [1.54, 1.807) is 20.8 Å². The normalized spacial score (nSPS) is 23.1. The molecule has 0 radical (unpaired) electrons. The fourth-order valence-electron chi connectivity index (χ4n) is 4.46. The summed E-state index contributed by atoms with van der Waals surface area (Å²) < 4.78 is 10.4. The lowest BCUT2D eigenvalue weighted by Gasteiger charge is -2.38. The molecule has 0 saturated heterocycles. The van der Waals surface area contributed by atoms with Crippen molar-refractivity contribution >= 4 is 35.0 Å². The number of nitrogens with zero attached hydrogens (tertiary/aromatic N) is 1. The van der Waals surface area contributed by atoms with Crippen molar-refractivity contribution in [3.05, 3.63) is 61.4 Å². The first-order valence-corrected chi connectivity index (χ1v) is 11.4. The highest BCUT2D eigenvalue weighted by atomic mass is 35.5. The van der Waals surface area contributed by atoms with E-state index in [2.05, 4.69) is 5.32 Å². The van der Waals surface area contributed by atoms with Gasteiger partial charge in [0.25, 0.3) is 5.69 Å².